The highest BCUT2D eigenvalue weighted by molar-refractivity contribution is 5.76. The molecular weight excluding hydrogens is 218 g/mol. The van der Waals surface area contributed by atoms with Crippen molar-refractivity contribution in [3.63, 3.8) is 0 Å². The van der Waals surface area contributed by atoms with Gasteiger partial charge >= 0.3 is 5.97 Å². The second-order valence-electron chi connectivity index (χ2n) is 5.11. The quantitative estimate of drug-likeness (QED) is 0.425. The molecule has 0 rings (SSSR count). The zero-order valence-electron chi connectivity index (χ0n) is 11.3. The van der Waals surface area contributed by atoms with Gasteiger partial charge < -0.3 is 21.5 Å². The van der Waals surface area contributed by atoms with Gasteiger partial charge in [0, 0.05) is 0 Å². The normalized spacial score (nSPS) is 13.5. The van der Waals surface area contributed by atoms with E-state index in [0.717, 1.165) is 19.4 Å². The number of nitrogens with one attached hydrogen (secondary N) is 1. The molecule has 0 heterocycles. The first-order valence-electron chi connectivity index (χ1n) is 6.27. The number of esters is 1. The summed E-state index contributed by atoms with van der Waals surface area (Å²) in [5, 5.41) is 3.17. The highest BCUT2D eigenvalue weighted by Crippen LogP contribution is 2.09. The van der Waals surface area contributed by atoms with Crippen molar-refractivity contribution in [1.29, 1.82) is 0 Å². The van der Waals surface area contributed by atoms with Crippen LogP contribution < -0.4 is 16.8 Å². The van der Waals surface area contributed by atoms with Gasteiger partial charge in [0.2, 0.25) is 0 Å². The minimum atomic E-state index is -0.455. The summed E-state index contributed by atoms with van der Waals surface area (Å²) in [7, 11) is 0. The fourth-order valence-corrected chi connectivity index (χ4v) is 1.39. The van der Waals surface area contributed by atoms with Crippen LogP contribution in [-0.2, 0) is 9.53 Å². The maximum Gasteiger partial charge on any atom is 0.323 e. The van der Waals surface area contributed by atoms with Gasteiger partial charge in [0.25, 0.3) is 0 Å². The van der Waals surface area contributed by atoms with Gasteiger partial charge in [-0.05, 0) is 59.7 Å². The van der Waals surface area contributed by atoms with E-state index in [2.05, 4.69) is 5.32 Å². The summed E-state index contributed by atoms with van der Waals surface area (Å²) < 4.78 is 5.33. The van der Waals surface area contributed by atoms with E-state index in [-0.39, 0.29) is 12.0 Å². The van der Waals surface area contributed by atoms with E-state index in [4.69, 9.17) is 16.2 Å². The number of hydrogen-bond donors (Lipinski definition) is 3. The predicted octanol–water partition coefficient (Wildman–Crippen LogP) is 0.374. The fraction of sp³-hybridized carbons (Fsp3) is 0.917. The van der Waals surface area contributed by atoms with Crippen LogP contribution in [0.3, 0.4) is 0 Å². The number of hydrogen-bond acceptors (Lipinski definition) is 5. The van der Waals surface area contributed by atoms with E-state index in [9.17, 15) is 4.79 Å². The molecule has 0 fully saturated rings. The van der Waals surface area contributed by atoms with E-state index in [1.807, 2.05) is 20.8 Å². The maximum atomic E-state index is 11.8. The van der Waals surface area contributed by atoms with Crippen LogP contribution in [0.25, 0.3) is 0 Å². The lowest BCUT2D eigenvalue weighted by Crippen LogP contribution is -2.43. The van der Waals surface area contributed by atoms with E-state index in [1.54, 1.807) is 0 Å². The van der Waals surface area contributed by atoms with Crippen molar-refractivity contribution in [1.82, 2.24) is 5.32 Å². The molecular formula is C12H27N3O2. The molecule has 0 aliphatic rings. The molecule has 0 amide bonds. The molecule has 0 spiro atoms. The molecule has 0 bridgehead atoms. The summed E-state index contributed by atoms with van der Waals surface area (Å²) in [4.78, 5) is 11.8. The molecule has 5 N–H and O–H groups in total. The van der Waals surface area contributed by atoms with Crippen LogP contribution in [0.2, 0.25) is 0 Å². The number of carbonyl (C=O) groups is 1. The maximum absolute atomic E-state index is 11.8. The van der Waals surface area contributed by atoms with Crippen molar-refractivity contribution >= 4 is 5.97 Å². The Morgan fingerprint density at radius 2 is 1.88 bits per heavy atom. The van der Waals surface area contributed by atoms with Gasteiger partial charge in [-0.15, -0.1) is 0 Å². The Morgan fingerprint density at radius 3 is 2.35 bits per heavy atom. The van der Waals surface area contributed by atoms with Crippen LogP contribution >= 0.6 is 0 Å². The second-order valence-corrected chi connectivity index (χ2v) is 5.11. The zero-order chi connectivity index (χ0) is 13.3. The Hall–Kier alpha value is -0.650. The zero-order valence-corrected chi connectivity index (χ0v) is 11.3. The molecule has 0 radical (unpaired) electrons. The molecule has 1 unspecified atom stereocenters. The van der Waals surface area contributed by atoms with Crippen LogP contribution in [0.5, 0.6) is 0 Å². The van der Waals surface area contributed by atoms with Gasteiger partial charge in [-0.25, -0.2) is 0 Å². The Bertz CT molecular complexity index is 214. The smallest absolute Gasteiger partial charge is 0.323 e. The van der Waals surface area contributed by atoms with E-state index in [0.29, 0.717) is 19.5 Å². The van der Waals surface area contributed by atoms with Crippen LogP contribution in [0, 0.1) is 0 Å². The van der Waals surface area contributed by atoms with Gasteiger partial charge in [0.05, 0.1) is 0 Å². The van der Waals surface area contributed by atoms with Crippen molar-refractivity contribution in [3.8, 4) is 0 Å². The van der Waals surface area contributed by atoms with Crippen molar-refractivity contribution in [2.45, 2.75) is 51.7 Å². The highest BCUT2D eigenvalue weighted by atomic mass is 16.6. The summed E-state index contributed by atoms with van der Waals surface area (Å²) in [6, 6.07) is -0.308. The molecule has 5 nitrogen and oxygen atoms in total. The van der Waals surface area contributed by atoms with Crippen molar-refractivity contribution in [2.75, 3.05) is 19.6 Å². The summed E-state index contributed by atoms with van der Waals surface area (Å²) in [6.07, 6.45) is 2.51. The first kappa shape index (κ1) is 16.4. The molecule has 0 aliphatic heterocycles. The second kappa shape index (κ2) is 8.44. The average molecular weight is 245 g/mol. The van der Waals surface area contributed by atoms with Crippen LogP contribution in [0.15, 0.2) is 0 Å². The summed E-state index contributed by atoms with van der Waals surface area (Å²) >= 11 is 0. The standard InChI is InChI=1S/C12H27N3O2/c1-12(2,3)17-11(16)10(6-8-14)15-9-5-4-7-13/h10,15H,4-9,13-14H2,1-3H3. The number of carbonyl (C=O) groups excluding carboxylic acids is 1. The van der Waals surface area contributed by atoms with E-state index in [1.165, 1.54) is 0 Å². The molecule has 0 saturated carbocycles. The first-order valence-corrected chi connectivity index (χ1v) is 6.27. The summed E-state index contributed by atoms with van der Waals surface area (Å²) in [5.74, 6) is -0.226. The van der Waals surface area contributed by atoms with Gasteiger partial charge in [-0.2, -0.15) is 0 Å². The number of unbranched alkanes of at least 4 members (excludes halogenated alkanes) is 1. The van der Waals surface area contributed by atoms with Gasteiger partial charge in [-0.1, -0.05) is 0 Å². The van der Waals surface area contributed by atoms with Crippen LogP contribution in [0.4, 0.5) is 0 Å². The fourth-order valence-electron chi connectivity index (χ4n) is 1.39. The van der Waals surface area contributed by atoms with Crippen molar-refractivity contribution < 1.29 is 9.53 Å². The Balaban J connectivity index is 4.07. The van der Waals surface area contributed by atoms with Crippen molar-refractivity contribution in [2.24, 2.45) is 11.5 Å². The van der Waals surface area contributed by atoms with Gasteiger partial charge in [-0.3, -0.25) is 4.79 Å². The summed E-state index contributed by atoms with van der Waals surface area (Å²) in [5.41, 5.74) is 10.4. The molecule has 0 aromatic rings. The molecule has 5 heteroatoms. The third kappa shape index (κ3) is 9.09. The average Bonchev–Trinajstić information content (AvgIpc) is 2.20. The third-order valence-corrected chi connectivity index (χ3v) is 2.17. The van der Waals surface area contributed by atoms with Gasteiger partial charge in [0.15, 0.2) is 0 Å². The highest BCUT2D eigenvalue weighted by Gasteiger charge is 2.23. The minimum absolute atomic E-state index is 0.226. The molecule has 0 aliphatic carbocycles. The van der Waals surface area contributed by atoms with Crippen molar-refractivity contribution in [3.05, 3.63) is 0 Å². The van der Waals surface area contributed by atoms with E-state index >= 15 is 0 Å². The van der Waals surface area contributed by atoms with Gasteiger partial charge in [0.1, 0.15) is 11.6 Å². The largest absolute Gasteiger partial charge is 0.459 e. The Kier molecular flexibility index (Phi) is 8.12. The monoisotopic (exact) mass is 245 g/mol. The lowest BCUT2D eigenvalue weighted by atomic mass is 10.1. The molecule has 0 aromatic heterocycles. The molecule has 17 heavy (non-hydrogen) atoms. The topological polar surface area (TPSA) is 90.4 Å². The molecule has 102 valence electrons. The molecule has 0 saturated heterocycles. The Labute approximate surface area is 104 Å². The minimum Gasteiger partial charge on any atom is -0.459 e. The molecule has 1 atom stereocenters. The summed E-state index contributed by atoms with van der Waals surface area (Å²) in [6.45, 7) is 7.49. The predicted molar refractivity (Wildman–Crippen MR) is 69.6 cm³/mol. The Morgan fingerprint density at radius 1 is 1.24 bits per heavy atom. The SMILES string of the molecule is CC(C)(C)OC(=O)C(CCN)NCCCCN. The van der Waals surface area contributed by atoms with E-state index < -0.39 is 5.60 Å². The lowest BCUT2D eigenvalue weighted by Gasteiger charge is -2.24. The number of ether oxygens (including phenoxy) is 1. The first-order chi connectivity index (χ1) is 7.90. The van der Waals surface area contributed by atoms with Crippen LogP contribution in [0.1, 0.15) is 40.0 Å². The number of rotatable bonds is 8. The molecule has 0 aromatic carbocycles. The third-order valence-electron chi connectivity index (χ3n) is 2.17. The number of nitrogens with two attached hydrogens (primary N) is 2. The lowest BCUT2D eigenvalue weighted by molar-refractivity contribution is -0.157. The van der Waals surface area contributed by atoms with Crippen LogP contribution in [-0.4, -0.2) is 37.2 Å².